The Hall–Kier alpha value is -1.51. The lowest BCUT2D eigenvalue weighted by atomic mass is 10.1. The highest BCUT2D eigenvalue weighted by Crippen LogP contribution is 2.13. The van der Waals surface area contributed by atoms with E-state index in [-0.39, 0.29) is 0 Å². The van der Waals surface area contributed by atoms with E-state index in [9.17, 15) is 5.11 Å². The second-order valence-corrected chi connectivity index (χ2v) is 3.82. The van der Waals surface area contributed by atoms with E-state index >= 15 is 0 Å². The van der Waals surface area contributed by atoms with Crippen molar-refractivity contribution in [3.05, 3.63) is 29.8 Å². The lowest BCUT2D eigenvalue weighted by Gasteiger charge is -2.23. The Bertz CT molecular complexity index is 356. The fourth-order valence-electron chi connectivity index (χ4n) is 1.74. The summed E-state index contributed by atoms with van der Waals surface area (Å²) in [7, 11) is 0. The van der Waals surface area contributed by atoms with Crippen molar-refractivity contribution in [2.24, 2.45) is 4.99 Å². The molecule has 0 fully saturated rings. The largest absolute Gasteiger partial charge is 0.508 e. The molecule has 0 radical (unpaired) electrons. The molecule has 3 nitrogen and oxygen atoms in total. The number of benzene rings is 1. The number of aliphatic imine (C=N–C) groups is 1. The van der Waals surface area contributed by atoms with Crippen LogP contribution >= 0.6 is 0 Å². The number of nitrogens with one attached hydrogen (secondary N) is 1. The van der Waals surface area contributed by atoms with Crippen molar-refractivity contribution in [2.75, 3.05) is 6.54 Å². The van der Waals surface area contributed by atoms with Crippen molar-refractivity contribution in [3.8, 4) is 5.75 Å². The molecule has 2 N–H and O–H groups in total. The molecule has 2 rings (SSSR count). The maximum atomic E-state index is 9.19. The Morgan fingerprint density at radius 3 is 2.80 bits per heavy atom. The summed E-state index contributed by atoms with van der Waals surface area (Å²) in [5.74, 6) is 1.25. The lowest BCUT2D eigenvalue weighted by molar-refractivity contribution is 0.475. The second kappa shape index (κ2) is 4.34. The van der Waals surface area contributed by atoms with Gasteiger partial charge in [-0.1, -0.05) is 6.92 Å². The van der Waals surface area contributed by atoms with Crippen molar-refractivity contribution in [1.29, 1.82) is 0 Å². The highest BCUT2D eigenvalue weighted by molar-refractivity contribution is 5.99. The number of hydrogen-bond acceptors (Lipinski definition) is 3. The third-order valence-corrected chi connectivity index (χ3v) is 2.72. The monoisotopic (exact) mass is 204 g/mol. The van der Waals surface area contributed by atoms with Crippen LogP contribution in [0.2, 0.25) is 0 Å². The Balaban J connectivity index is 2.17. The Morgan fingerprint density at radius 2 is 2.13 bits per heavy atom. The Morgan fingerprint density at radius 1 is 1.40 bits per heavy atom. The van der Waals surface area contributed by atoms with E-state index in [1.165, 1.54) is 0 Å². The minimum absolute atomic E-state index is 0.294. The SMILES string of the molecule is CCC1CCN=C(c2ccc(O)cc2)N1. The minimum atomic E-state index is 0.294. The van der Waals surface area contributed by atoms with Gasteiger partial charge in [0.15, 0.2) is 0 Å². The zero-order valence-corrected chi connectivity index (χ0v) is 8.90. The van der Waals surface area contributed by atoms with Crippen LogP contribution in [-0.4, -0.2) is 23.5 Å². The molecule has 1 aromatic rings. The van der Waals surface area contributed by atoms with Gasteiger partial charge in [0, 0.05) is 18.2 Å². The average Bonchev–Trinajstić information content (AvgIpc) is 2.30. The van der Waals surface area contributed by atoms with Crippen molar-refractivity contribution >= 4 is 5.84 Å². The summed E-state index contributed by atoms with van der Waals surface area (Å²) in [5, 5.41) is 12.6. The van der Waals surface area contributed by atoms with E-state index in [0.717, 1.165) is 30.8 Å². The van der Waals surface area contributed by atoms with E-state index in [0.29, 0.717) is 11.8 Å². The van der Waals surface area contributed by atoms with Crippen LogP contribution < -0.4 is 5.32 Å². The zero-order chi connectivity index (χ0) is 10.7. The van der Waals surface area contributed by atoms with Crippen LogP contribution in [0.3, 0.4) is 0 Å². The molecule has 0 spiro atoms. The maximum Gasteiger partial charge on any atom is 0.128 e. The predicted octanol–water partition coefficient (Wildman–Crippen LogP) is 1.91. The van der Waals surface area contributed by atoms with Gasteiger partial charge in [-0.05, 0) is 37.1 Å². The van der Waals surface area contributed by atoms with E-state index < -0.39 is 0 Å². The number of phenolic OH excluding ortho intramolecular Hbond substituents is 1. The van der Waals surface area contributed by atoms with Crippen LogP contribution in [0.1, 0.15) is 25.3 Å². The first kappa shape index (κ1) is 10.0. The number of amidine groups is 1. The summed E-state index contributed by atoms with van der Waals surface area (Å²) >= 11 is 0. The summed E-state index contributed by atoms with van der Waals surface area (Å²) in [6.07, 6.45) is 2.23. The molecule has 1 heterocycles. The van der Waals surface area contributed by atoms with Gasteiger partial charge >= 0.3 is 0 Å². The number of nitrogens with zero attached hydrogens (tertiary/aromatic N) is 1. The third kappa shape index (κ3) is 2.29. The molecule has 0 aromatic heterocycles. The van der Waals surface area contributed by atoms with E-state index in [1.807, 2.05) is 12.1 Å². The van der Waals surface area contributed by atoms with Gasteiger partial charge in [-0.2, -0.15) is 0 Å². The van der Waals surface area contributed by atoms with Crippen molar-refractivity contribution in [1.82, 2.24) is 5.32 Å². The summed E-state index contributed by atoms with van der Waals surface area (Å²) in [6, 6.07) is 7.69. The van der Waals surface area contributed by atoms with Crippen LogP contribution in [0.5, 0.6) is 5.75 Å². The number of hydrogen-bond donors (Lipinski definition) is 2. The van der Waals surface area contributed by atoms with Gasteiger partial charge < -0.3 is 10.4 Å². The van der Waals surface area contributed by atoms with E-state index in [4.69, 9.17) is 0 Å². The first-order chi connectivity index (χ1) is 7.29. The predicted molar refractivity (Wildman–Crippen MR) is 61.3 cm³/mol. The van der Waals surface area contributed by atoms with Crippen LogP contribution in [0.25, 0.3) is 0 Å². The molecular weight excluding hydrogens is 188 g/mol. The number of phenols is 1. The Labute approximate surface area is 89.9 Å². The van der Waals surface area contributed by atoms with Crippen molar-refractivity contribution in [3.63, 3.8) is 0 Å². The molecule has 1 aliphatic rings. The normalized spacial score (nSPS) is 20.6. The number of rotatable bonds is 2. The van der Waals surface area contributed by atoms with Crippen LogP contribution in [0.15, 0.2) is 29.3 Å². The van der Waals surface area contributed by atoms with Gasteiger partial charge in [-0.3, -0.25) is 4.99 Å². The molecule has 15 heavy (non-hydrogen) atoms. The summed E-state index contributed by atoms with van der Waals surface area (Å²) in [5.41, 5.74) is 1.05. The maximum absolute atomic E-state index is 9.19. The molecule has 0 saturated heterocycles. The smallest absolute Gasteiger partial charge is 0.128 e. The van der Waals surface area contributed by atoms with Crippen LogP contribution in [0.4, 0.5) is 0 Å². The molecule has 80 valence electrons. The summed E-state index contributed by atoms with van der Waals surface area (Å²) in [6.45, 7) is 3.07. The second-order valence-electron chi connectivity index (χ2n) is 3.82. The van der Waals surface area contributed by atoms with Crippen LogP contribution in [-0.2, 0) is 0 Å². The molecule has 1 aromatic carbocycles. The van der Waals surface area contributed by atoms with Gasteiger partial charge in [0.1, 0.15) is 11.6 Å². The minimum Gasteiger partial charge on any atom is -0.508 e. The average molecular weight is 204 g/mol. The zero-order valence-electron chi connectivity index (χ0n) is 8.90. The molecule has 1 atom stereocenters. The van der Waals surface area contributed by atoms with Gasteiger partial charge in [-0.15, -0.1) is 0 Å². The molecular formula is C12H16N2O. The van der Waals surface area contributed by atoms with Gasteiger partial charge in [-0.25, -0.2) is 0 Å². The van der Waals surface area contributed by atoms with Gasteiger partial charge in [0.05, 0.1) is 0 Å². The van der Waals surface area contributed by atoms with Crippen molar-refractivity contribution < 1.29 is 5.11 Å². The van der Waals surface area contributed by atoms with Gasteiger partial charge in [0.25, 0.3) is 0 Å². The highest BCUT2D eigenvalue weighted by Gasteiger charge is 2.14. The Kier molecular flexibility index (Phi) is 2.90. The fourth-order valence-corrected chi connectivity index (χ4v) is 1.74. The molecule has 0 aliphatic carbocycles. The van der Waals surface area contributed by atoms with E-state index in [2.05, 4.69) is 17.2 Å². The first-order valence-electron chi connectivity index (χ1n) is 5.40. The van der Waals surface area contributed by atoms with Crippen LogP contribution in [0, 0.1) is 0 Å². The first-order valence-corrected chi connectivity index (χ1v) is 5.40. The summed E-state index contributed by atoms with van der Waals surface area (Å²) < 4.78 is 0. The third-order valence-electron chi connectivity index (χ3n) is 2.72. The topological polar surface area (TPSA) is 44.6 Å². The van der Waals surface area contributed by atoms with Crippen molar-refractivity contribution in [2.45, 2.75) is 25.8 Å². The van der Waals surface area contributed by atoms with Gasteiger partial charge in [0.2, 0.25) is 0 Å². The van der Waals surface area contributed by atoms with E-state index in [1.54, 1.807) is 12.1 Å². The molecule has 1 aliphatic heterocycles. The quantitative estimate of drug-likeness (QED) is 0.773. The molecule has 0 saturated carbocycles. The standard InChI is InChI=1S/C12H16N2O/c1-2-10-7-8-13-12(14-10)9-3-5-11(15)6-4-9/h3-6,10,15H,2,7-8H2,1H3,(H,13,14). The highest BCUT2D eigenvalue weighted by atomic mass is 16.3. The molecule has 0 amide bonds. The lowest BCUT2D eigenvalue weighted by Crippen LogP contribution is -2.39. The summed E-state index contributed by atoms with van der Waals surface area (Å²) in [4.78, 5) is 4.45. The molecule has 1 unspecified atom stereocenters. The number of aromatic hydroxyl groups is 1. The molecule has 3 heteroatoms. The molecule has 0 bridgehead atoms. The fraction of sp³-hybridized carbons (Fsp3) is 0.417.